The number of carbonyl (C=O) groups is 1. The van der Waals surface area contributed by atoms with Crippen LogP contribution in [0, 0.1) is 6.92 Å². The van der Waals surface area contributed by atoms with Gasteiger partial charge in [0.1, 0.15) is 5.75 Å². The summed E-state index contributed by atoms with van der Waals surface area (Å²) in [6.45, 7) is 1.92. The van der Waals surface area contributed by atoms with Crippen LogP contribution in [0.2, 0.25) is 0 Å². The van der Waals surface area contributed by atoms with E-state index >= 15 is 0 Å². The van der Waals surface area contributed by atoms with Gasteiger partial charge in [0, 0.05) is 10.5 Å². The SMILES string of the molecule is COc1cc(/C=C/C(=O)O)c(Br)cc1C. The minimum Gasteiger partial charge on any atom is -0.496 e. The standard InChI is InChI=1S/C11H11BrO3/c1-7-5-9(12)8(3-4-11(13)14)6-10(7)15-2/h3-6H,1-2H3,(H,13,14)/b4-3+. The molecule has 1 aromatic carbocycles. The van der Waals surface area contributed by atoms with Crippen LogP contribution in [0.3, 0.4) is 0 Å². The predicted molar refractivity (Wildman–Crippen MR) is 62.1 cm³/mol. The Bertz CT molecular complexity index is 411. The number of ether oxygens (including phenoxy) is 1. The second kappa shape index (κ2) is 4.98. The van der Waals surface area contributed by atoms with Crippen molar-refractivity contribution in [3.05, 3.63) is 33.8 Å². The maximum atomic E-state index is 10.4. The van der Waals surface area contributed by atoms with E-state index < -0.39 is 5.97 Å². The van der Waals surface area contributed by atoms with Crippen LogP contribution >= 0.6 is 15.9 Å². The third-order valence-corrected chi connectivity index (χ3v) is 2.61. The summed E-state index contributed by atoms with van der Waals surface area (Å²) in [5, 5.41) is 8.51. The Morgan fingerprint density at radius 2 is 2.20 bits per heavy atom. The van der Waals surface area contributed by atoms with E-state index in [1.54, 1.807) is 13.2 Å². The van der Waals surface area contributed by atoms with Gasteiger partial charge in [-0.15, -0.1) is 0 Å². The van der Waals surface area contributed by atoms with E-state index in [9.17, 15) is 4.79 Å². The van der Waals surface area contributed by atoms with Gasteiger partial charge in [0.25, 0.3) is 0 Å². The van der Waals surface area contributed by atoms with Gasteiger partial charge in [0.2, 0.25) is 0 Å². The van der Waals surface area contributed by atoms with E-state index in [0.717, 1.165) is 27.4 Å². The Hall–Kier alpha value is -1.29. The van der Waals surface area contributed by atoms with Crippen molar-refractivity contribution >= 4 is 28.0 Å². The molecule has 0 amide bonds. The summed E-state index contributed by atoms with van der Waals surface area (Å²) in [7, 11) is 1.58. The van der Waals surface area contributed by atoms with E-state index in [1.807, 2.05) is 13.0 Å². The van der Waals surface area contributed by atoms with Gasteiger partial charge in [-0.05, 0) is 36.3 Å². The molecule has 1 rings (SSSR count). The second-order valence-corrected chi connectivity index (χ2v) is 3.87. The van der Waals surface area contributed by atoms with Crippen molar-refractivity contribution in [1.82, 2.24) is 0 Å². The van der Waals surface area contributed by atoms with Crippen molar-refractivity contribution in [3.63, 3.8) is 0 Å². The Kier molecular flexibility index (Phi) is 3.91. The number of hydrogen-bond donors (Lipinski definition) is 1. The van der Waals surface area contributed by atoms with Crippen molar-refractivity contribution in [2.45, 2.75) is 6.92 Å². The molecule has 0 aromatic heterocycles. The molecule has 0 aliphatic rings. The molecule has 0 aliphatic carbocycles. The fraction of sp³-hybridized carbons (Fsp3) is 0.182. The number of carboxylic acids is 1. The Morgan fingerprint density at radius 1 is 1.53 bits per heavy atom. The summed E-state index contributed by atoms with van der Waals surface area (Å²) < 4.78 is 5.99. The van der Waals surface area contributed by atoms with Gasteiger partial charge in [-0.1, -0.05) is 15.9 Å². The molecule has 3 nitrogen and oxygen atoms in total. The van der Waals surface area contributed by atoms with E-state index in [2.05, 4.69) is 15.9 Å². The van der Waals surface area contributed by atoms with Gasteiger partial charge in [-0.25, -0.2) is 4.79 Å². The first-order valence-electron chi connectivity index (χ1n) is 4.29. The normalized spacial score (nSPS) is 10.6. The highest BCUT2D eigenvalue weighted by atomic mass is 79.9. The maximum absolute atomic E-state index is 10.4. The average molecular weight is 271 g/mol. The summed E-state index contributed by atoms with van der Waals surface area (Å²) in [5.74, 6) is -0.232. The number of halogens is 1. The largest absolute Gasteiger partial charge is 0.496 e. The fourth-order valence-electron chi connectivity index (χ4n) is 1.18. The average Bonchev–Trinajstić information content (AvgIpc) is 2.16. The molecule has 0 radical (unpaired) electrons. The number of benzene rings is 1. The Morgan fingerprint density at radius 3 is 2.73 bits per heavy atom. The summed E-state index contributed by atoms with van der Waals surface area (Å²) in [5.41, 5.74) is 1.77. The van der Waals surface area contributed by atoms with Crippen molar-refractivity contribution in [3.8, 4) is 5.75 Å². The molecular formula is C11H11BrO3. The van der Waals surface area contributed by atoms with Crippen LogP contribution in [-0.2, 0) is 4.79 Å². The monoisotopic (exact) mass is 270 g/mol. The zero-order valence-electron chi connectivity index (χ0n) is 8.45. The molecular weight excluding hydrogens is 260 g/mol. The van der Waals surface area contributed by atoms with Crippen LogP contribution in [0.5, 0.6) is 5.75 Å². The van der Waals surface area contributed by atoms with Crippen LogP contribution < -0.4 is 4.74 Å². The van der Waals surface area contributed by atoms with Crippen molar-refractivity contribution < 1.29 is 14.6 Å². The summed E-state index contributed by atoms with van der Waals surface area (Å²) >= 11 is 3.36. The van der Waals surface area contributed by atoms with Crippen LogP contribution in [-0.4, -0.2) is 18.2 Å². The molecule has 0 spiro atoms. The lowest BCUT2D eigenvalue weighted by Crippen LogP contribution is -1.90. The topological polar surface area (TPSA) is 46.5 Å². The minimum atomic E-state index is -0.971. The number of aryl methyl sites for hydroxylation is 1. The van der Waals surface area contributed by atoms with Gasteiger partial charge in [0.05, 0.1) is 7.11 Å². The second-order valence-electron chi connectivity index (χ2n) is 3.01. The molecule has 1 N–H and O–H groups in total. The number of aliphatic carboxylic acids is 1. The first-order valence-corrected chi connectivity index (χ1v) is 5.09. The molecule has 0 heterocycles. The Labute approximate surface area is 96.5 Å². The lowest BCUT2D eigenvalue weighted by atomic mass is 10.1. The molecule has 0 atom stereocenters. The number of rotatable bonds is 3. The molecule has 0 aliphatic heterocycles. The lowest BCUT2D eigenvalue weighted by molar-refractivity contribution is -0.131. The van der Waals surface area contributed by atoms with Gasteiger partial charge in [-0.2, -0.15) is 0 Å². The summed E-state index contributed by atoms with van der Waals surface area (Å²) in [6, 6.07) is 3.68. The van der Waals surface area contributed by atoms with Crippen LogP contribution in [0.15, 0.2) is 22.7 Å². The first-order chi connectivity index (χ1) is 7.04. The molecule has 0 saturated carbocycles. The third kappa shape index (κ3) is 3.09. The van der Waals surface area contributed by atoms with E-state index in [-0.39, 0.29) is 0 Å². The highest BCUT2D eigenvalue weighted by Gasteiger charge is 2.03. The molecule has 0 bridgehead atoms. The van der Waals surface area contributed by atoms with Gasteiger partial charge >= 0.3 is 5.97 Å². The molecule has 0 fully saturated rings. The fourth-order valence-corrected chi connectivity index (χ4v) is 1.77. The molecule has 15 heavy (non-hydrogen) atoms. The molecule has 1 aromatic rings. The molecule has 0 unspecified atom stereocenters. The van der Waals surface area contributed by atoms with Crippen LogP contribution in [0.25, 0.3) is 6.08 Å². The van der Waals surface area contributed by atoms with E-state index in [0.29, 0.717) is 0 Å². The van der Waals surface area contributed by atoms with Crippen LogP contribution in [0.4, 0.5) is 0 Å². The zero-order valence-corrected chi connectivity index (χ0v) is 10.0. The highest BCUT2D eigenvalue weighted by molar-refractivity contribution is 9.10. The van der Waals surface area contributed by atoms with Gasteiger partial charge in [0.15, 0.2) is 0 Å². The van der Waals surface area contributed by atoms with Gasteiger partial charge in [-0.3, -0.25) is 0 Å². The van der Waals surface area contributed by atoms with Crippen molar-refractivity contribution in [1.29, 1.82) is 0 Å². The molecule has 0 saturated heterocycles. The number of methoxy groups -OCH3 is 1. The molecule has 4 heteroatoms. The first kappa shape index (κ1) is 11.8. The highest BCUT2D eigenvalue weighted by Crippen LogP contribution is 2.27. The van der Waals surface area contributed by atoms with E-state index in [4.69, 9.17) is 9.84 Å². The van der Waals surface area contributed by atoms with Crippen LogP contribution in [0.1, 0.15) is 11.1 Å². The zero-order chi connectivity index (χ0) is 11.4. The van der Waals surface area contributed by atoms with Gasteiger partial charge < -0.3 is 9.84 Å². The number of carboxylic acid groups (broad SMARTS) is 1. The summed E-state index contributed by atoms with van der Waals surface area (Å²) in [6.07, 6.45) is 2.61. The third-order valence-electron chi connectivity index (χ3n) is 1.92. The van der Waals surface area contributed by atoms with Crippen molar-refractivity contribution in [2.24, 2.45) is 0 Å². The summed E-state index contributed by atoms with van der Waals surface area (Å²) in [4.78, 5) is 10.4. The molecule has 80 valence electrons. The maximum Gasteiger partial charge on any atom is 0.328 e. The lowest BCUT2D eigenvalue weighted by Gasteiger charge is -2.07. The predicted octanol–water partition coefficient (Wildman–Crippen LogP) is 2.86. The number of hydrogen-bond acceptors (Lipinski definition) is 2. The van der Waals surface area contributed by atoms with E-state index in [1.165, 1.54) is 6.08 Å². The Balaban J connectivity index is 3.13. The minimum absolute atomic E-state index is 0.739. The smallest absolute Gasteiger partial charge is 0.328 e. The quantitative estimate of drug-likeness (QED) is 0.860. The van der Waals surface area contributed by atoms with Crippen molar-refractivity contribution in [2.75, 3.05) is 7.11 Å².